The summed E-state index contributed by atoms with van der Waals surface area (Å²) in [6.07, 6.45) is -1.53. The van der Waals surface area contributed by atoms with Crippen LogP contribution in [0.1, 0.15) is 23.2 Å². The summed E-state index contributed by atoms with van der Waals surface area (Å²) in [5.41, 5.74) is 0. The quantitative estimate of drug-likeness (QED) is 0.365. The largest absolute Gasteiger partial charge is 0.401 e. The number of thiazole rings is 1. The number of hydrogen-bond donors (Lipinski definition) is 2. The van der Waals surface area contributed by atoms with Crippen LogP contribution in [0.3, 0.4) is 0 Å². The van der Waals surface area contributed by atoms with E-state index in [4.69, 9.17) is 0 Å². The van der Waals surface area contributed by atoms with Crippen LogP contribution >= 0.6 is 35.3 Å². The summed E-state index contributed by atoms with van der Waals surface area (Å²) in [5.74, 6) is 0.887. The highest BCUT2D eigenvalue weighted by molar-refractivity contribution is 14.0. The van der Waals surface area contributed by atoms with E-state index >= 15 is 0 Å². The minimum atomic E-state index is -4.12. The minimum Gasteiger partial charge on any atom is -0.357 e. The summed E-state index contributed by atoms with van der Waals surface area (Å²) in [6, 6.07) is 0. The smallest absolute Gasteiger partial charge is 0.357 e. The van der Waals surface area contributed by atoms with E-state index in [1.54, 1.807) is 11.3 Å². The van der Waals surface area contributed by atoms with E-state index in [1.165, 1.54) is 4.90 Å². The van der Waals surface area contributed by atoms with Gasteiger partial charge in [-0.05, 0) is 32.7 Å². The normalized spacial score (nSPS) is 18.9. The maximum Gasteiger partial charge on any atom is 0.401 e. The topological polar surface area (TPSA) is 52.6 Å². The molecule has 1 aromatic rings. The fourth-order valence-electron chi connectivity index (χ4n) is 2.68. The predicted octanol–water partition coefficient (Wildman–Crippen LogP) is 3.01. The number of aryl methyl sites for hydroxylation is 1. The molecule has 0 spiro atoms. The Hall–Kier alpha value is -0.620. The number of halogens is 4. The average molecular weight is 491 g/mol. The van der Waals surface area contributed by atoms with E-state index in [0.717, 1.165) is 22.9 Å². The van der Waals surface area contributed by atoms with Gasteiger partial charge in [0.05, 0.1) is 13.1 Å². The molecule has 10 heteroatoms. The Labute approximate surface area is 167 Å². The zero-order valence-electron chi connectivity index (χ0n) is 14.4. The summed E-state index contributed by atoms with van der Waals surface area (Å²) in [4.78, 5) is 11.4. The molecule has 0 bridgehead atoms. The SMILES string of the molecule is CCNC(=NCc1ncc(C)s1)NCC1CCN(CC(F)(F)F)C1.I. The Morgan fingerprint density at radius 1 is 1.44 bits per heavy atom. The highest BCUT2D eigenvalue weighted by atomic mass is 127. The number of hydrogen-bond acceptors (Lipinski definition) is 4. The van der Waals surface area contributed by atoms with Crippen molar-refractivity contribution in [2.45, 2.75) is 33.0 Å². The summed E-state index contributed by atoms with van der Waals surface area (Å²) < 4.78 is 37.3. The molecule has 25 heavy (non-hydrogen) atoms. The molecule has 1 aliphatic rings. The lowest BCUT2D eigenvalue weighted by Crippen LogP contribution is -2.40. The standard InChI is InChI=1S/C15H24F3N5S.HI/c1-3-19-14(22-8-13-20-6-11(2)24-13)21-7-12-4-5-23(9-12)10-15(16,17)18;/h6,12H,3-5,7-10H2,1-2H3,(H2,19,21,22);1H. The summed E-state index contributed by atoms with van der Waals surface area (Å²) in [6.45, 7) is 5.98. The molecule has 2 N–H and O–H groups in total. The van der Waals surface area contributed by atoms with Crippen molar-refractivity contribution in [1.82, 2.24) is 20.5 Å². The Morgan fingerprint density at radius 3 is 2.80 bits per heavy atom. The molecule has 0 aliphatic carbocycles. The average Bonchev–Trinajstić information content (AvgIpc) is 3.09. The number of rotatable bonds is 6. The first-order valence-electron chi connectivity index (χ1n) is 8.08. The van der Waals surface area contributed by atoms with Gasteiger partial charge in [-0.3, -0.25) is 4.90 Å². The van der Waals surface area contributed by atoms with Crippen LogP contribution in [-0.4, -0.2) is 54.7 Å². The van der Waals surface area contributed by atoms with Crippen LogP contribution in [0.25, 0.3) is 0 Å². The monoisotopic (exact) mass is 491 g/mol. The second-order valence-electron chi connectivity index (χ2n) is 5.95. The van der Waals surface area contributed by atoms with Crippen LogP contribution in [0, 0.1) is 12.8 Å². The van der Waals surface area contributed by atoms with Crippen molar-refractivity contribution in [1.29, 1.82) is 0 Å². The van der Waals surface area contributed by atoms with Crippen molar-refractivity contribution < 1.29 is 13.2 Å². The molecule has 1 saturated heterocycles. The molecule has 1 unspecified atom stereocenters. The van der Waals surface area contributed by atoms with Crippen LogP contribution in [0.4, 0.5) is 13.2 Å². The molecule has 1 atom stereocenters. The number of guanidine groups is 1. The molecule has 1 fully saturated rings. The number of alkyl halides is 3. The lowest BCUT2D eigenvalue weighted by atomic mass is 10.1. The Balaban J connectivity index is 0.00000312. The molecule has 0 saturated carbocycles. The van der Waals surface area contributed by atoms with Crippen molar-refractivity contribution in [2.24, 2.45) is 10.9 Å². The van der Waals surface area contributed by atoms with Gasteiger partial charge in [0.2, 0.25) is 0 Å². The van der Waals surface area contributed by atoms with Gasteiger partial charge in [0.1, 0.15) is 5.01 Å². The summed E-state index contributed by atoms with van der Waals surface area (Å²) in [7, 11) is 0. The minimum absolute atomic E-state index is 0. The van der Waals surface area contributed by atoms with Gasteiger partial charge < -0.3 is 10.6 Å². The lowest BCUT2D eigenvalue weighted by molar-refractivity contribution is -0.143. The van der Waals surface area contributed by atoms with Crippen LogP contribution in [-0.2, 0) is 6.54 Å². The molecular formula is C15H25F3IN5S. The molecule has 5 nitrogen and oxygen atoms in total. The van der Waals surface area contributed by atoms with Gasteiger partial charge in [0.25, 0.3) is 0 Å². The first-order chi connectivity index (χ1) is 11.4. The van der Waals surface area contributed by atoms with Crippen molar-refractivity contribution in [3.63, 3.8) is 0 Å². The van der Waals surface area contributed by atoms with E-state index < -0.39 is 12.7 Å². The fraction of sp³-hybridized carbons (Fsp3) is 0.733. The van der Waals surface area contributed by atoms with Crippen LogP contribution in [0.5, 0.6) is 0 Å². The molecule has 2 heterocycles. The van der Waals surface area contributed by atoms with Crippen molar-refractivity contribution in [3.8, 4) is 0 Å². The van der Waals surface area contributed by atoms with Crippen molar-refractivity contribution in [2.75, 3.05) is 32.7 Å². The van der Waals surface area contributed by atoms with Gasteiger partial charge in [-0.15, -0.1) is 35.3 Å². The van der Waals surface area contributed by atoms with E-state index in [0.29, 0.717) is 32.1 Å². The molecular weight excluding hydrogens is 466 g/mol. The van der Waals surface area contributed by atoms with Crippen molar-refractivity contribution in [3.05, 3.63) is 16.1 Å². The first kappa shape index (κ1) is 22.4. The van der Waals surface area contributed by atoms with Gasteiger partial charge in [-0.2, -0.15) is 13.2 Å². The van der Waals surface area contributed by atoms with Gasteiger partial charge in [0.15, 0.2) is 5.96 Å². The number of aromatic nitrogens is 1. The molecule has 2 rings (SSSR count). The number of nitrogens with zero attached hydrogens (tertiary/aromatic N) is 3. The third-order valence-electron chi connectivity index (χ3n) is 3.72. The van der Waals surface area contributed by atoms with E-state index in [1.807, 2.05) is 20.0 Å². The third-order valence-corrected chi connectivity index (χ3v) is 4.61. The predicted molar refractivity (Wildman–Crippen MR) is 106 cm³/mol. The zero-order valence-corrected chi connectivity index (χ0v) is 17.5. The second kappa shape index (κ2) is 10.5. The third kappa shape index (κ3) is 8.54. The van der Waals surface area contributed by atoms with Crippen LogP contribution < -0.4 is 10.6 Å². The van der Waals surface area contributed by atoms with E-state index in [2.05, 4.69) is 20.6 Å². The number of nitrogens with one attached hydrogen (secondary N) is 2. The molecule has 0 amide bonds. The Bertz CT molecular complexity index is 550. The Kier molecular flexibility index (Phi) is 9.43. The van der Waals surface area contributed by atoms with Gasteiger partial charge >= 0.3 is 6.18 Å². The number of likely N-dealkylation sites (tertiary alicyclic amines) is 1. The highest BCUT2D eigenvalue weighted by Gasteiger charge is 2.34. The molecule has 0 radical (unpaired) electrons. The maximum atomic E-state index is 12.4. The Morgan fingerprint density at radius 2 is 2.20 bits per heavy atom. The fourth-order valence-corrected chi connectivity index (χ4v) is 3.39. The molecule has 0 aromatic carbocycles. The van der Waals surface area contributed by atoms with Gasteiger partial charge in [-0.25, -0.2) is 9.98 Å². The molecule has 1 aliphatic heterocycles. The van der Waals surface area contributed by atoms with Crippen LogP contribution in [0.15, 0.2) is 11.2 Å². The first-order valence-corrected chi connectivity index (χ1v) is 8.90. The van der Waals surface area contributed by atoms with Gasteiger partial charge in [-0.1, -0.05) is 0 Å². The van der Waals surface area contributed by atoms with E-state index in [-0.39, 0.29) is 29.9 Å². The molecule has 1 aromatic heterocycles. The number of aliphatic imine (C=N–C) groups is 1. The maximum absolute atomic E-state index is 12.4. The highest BCUT2D eigenvalue weighted by Crippen LogP contribution is 2.22. The van der Waals surface area contributed by atoms with Gasteiger partial charge in [0, 0.05) is 30.7 Å². The van der Waals surface area contributed by atoms with Crippen LogP contribution in [0.2, 0.25) is 0 Å². The summed E-state index contributed by atoms with van der Waals surface area (Å²) in [5, 5.41) is 7.33. The lowest BCUT2D eigenvalue weighted by Gasteiger charge is -2.18. The van der Waals surface area contributed by atoms with Crippen molar-refractivity contribution >= 4 is 41.3 Å². The summed E-state index contributed by atoms with van der Waals surface area (Å²) >= 11 is 1.61. The second-order valence-corrected chi connectivity index (χ2v) is 7.27. The molecule has 144 valence electrons. The van der Waals surface area contributed by atoms with E-state index in [9.17, 15) is 13.2 Å². The zero-order chi connectivity index (χ0) is 17.6.